The average Bonchev–Trinajstić information content (AvgIpc) is 2.39. The Morgan fingerprint density at radius 2 is 1.82 bits per heavy atom. The first-order valence-electron chi connectivity index (χ1n) is 7.51. The number of rotatable bonds is 3. The van der Waals surface area contributed by atoms with Crippen LogP contribution in [0.3, 0.4) is 0 Å². The van der Waals surface area contributed by atoms with Gasteiger partial charge < -0.3 is 10.2 Å². The molecule has 0 aromatic carbocycles. The zero-order valence-electron chi connectivity index (χ0n) is 11.1. The van der Waals surface area contributed by atoms with Gasteiger partial charge >= 0.3 is 0 Å². The molecule has 0 bridgehead atoms. The fourth-order valence-electron chi connectivity index (χ4n) is 4.18. The van der Waals surface area contributed by atoms with Crippen molar-refractivity contribution in [1.29, 1.82) is 0 Å². The lowest BCUT2D eigenvalue weighted by Gasteiger charge is -2.41. The Morgan fingerprint density at radius 1 is 1.06 bits per heavy atom. The summed E-state index contributed by atoms with van der Waals surface area (Å²) in [6.07, 6.45) is 10.0. The molecule has 2 aliphatic carbocycles. The van der Waals surface area contributed by atoms with Crippen LogP contribution in [0.4, 0.5) is 0 Å². The molecule has 0 spiro atoms. The van der Waals surface area contributed by atoms with E-state index >= 15 is 0 Å². The SMILES string of the molecule is CC(O)C1CCCC(C2CCCCC2CO)C1. The van der Waals surface area contributed by atoms with Crippen molar-refractivity contribution in [3.8, 4) is 0 Å². The normalized spacial score (nSPS) is 41.1. The third kappa shape index (κ3) is 3.23. The van der Waals surface area contributed by atoms with Crippen LogP contribution in [-0.4, -0.2) is 22.9 Å². The lowest BCUT2D eigenvalue weighted by Crippen LogP contribution is -2.34. The second kappa shape index (κ2) is 6.19. The lowest BCUT2D eigenvalue weighted by molar-refractivity contribution is 0.0320. The van der Waals surface area contributed by atoms with Crippen LogP contribution in [0.15, 0.2) is 0 Å². The van der Waals surface area contributed by atoms with Crippen molar-refractivity contribution in [3.63, 3.8) is 0 Å². The summed E-state index contributed by atoms with van der Waals surface area (Å²) >= 11 is 0. The second-order valence-electron chi connectivity index (χ2n) is 6.32. The molecule has 0 radical (unpaired) electrons. The van der Waals surface area contributed by atoms with Crippen molar-refractivity contribution in [3.05, 3.63) is 0 Å². The van der Waals surface area contributed by atoms with E-state index in [0.717, 1.165) is 11.8 Å². The molecule has 2 rings (SSSR count). The fourth-order valence-corrected chi connectivity index (χ4v) is 4.18. The zero-order chi connectivity index (χ0) is 12.3. The van der Waals surface area contributed by atoms with Crippen LogP contribution in [0.25, 0.3) is 0 Å². The molecule has 17 heavy (non-hydrogen) atoms. The smallest absolute Gasteiger partial charge is 0.0540 e. The summed E-state index contributed by atoms with van der Waals surface area (Å²) in [7, 11) is 0. The summed E-state index contributed by atoms with van der Waals surface area (Å²) in [5, 5.41) is 19.3. The highest BCUT2D eigenvalue weighted by Crippen LogP contribution is 2.43. The van der Waals surface area contributed by atoms with Crippen molar-refractivity contribution in [2.75, 3.05) is 6.61 Å². The average molecular weight is 240 g/mol. The summed E-state index contributed by atoms with van der Waals surface area (Å²) in [4.78, 5) is 0. The molecule has 2 saturated carbocycles. The van der Waals surface area contributed by atoms with Gasteiger partial charge in [0.15, 0.2) is 0 Å². The van der Waals surface area contributed by atoms with Crippen molar-refractivity contribution in [2.45, 2.75) is 64.4 Å². The summed E-state index contributed by atoms with van der Waals surface area (Å²) in [6, 6.07) is 0. The molecule has 2 heteroatoms. The Morgan fingerprint density at radius 3 is 2.53 bits per heavy atom. The first-order chi connectivity index (χ1) is 8.22. The zero-order valence-corrected chi connectivity index (χ0v) is 11.1. The van der Waals surface area contributed by atoms with Gasteiger partial charge in [0.25, 0.3) is 0 Å². The molecule has 2 nitrogen and oxygen atoms in total. The maximum atomic E-state index is 9.77. The van der Waals surface area contributed by atoms with Crippen LogP contribution in [0.5, 0.6) is 0 Å². The van der Waals surface area contributed by atoms with Gasteiger partial charge in [-0.1, -0.05) is 25.7 Å². The van der Waals surface area contributed by atoms with Crippen LogP contribution in [0, 0.1) is 23.7 Å². The molecule has 0 saturated heterocycles. The third-order valence-corrected chi connectivity index (χ3v) is 5.25. The molecule has 0 heterocycles. The van der Waals surface area contributed by atoms with E-state index in [9.17, 15) is 10.2 Å². The van der Waals surface area contributed by atoms with Crippen molar-refractivity contribution in [1.82, 2.24) is 0 Å². The molecule has 2 aliphatic rings. The maximum absolute atomic E-state index is 9.77. The minimum absolute atomic E-state index is 0.144. The van der Waals surface area contributed by atoms with Crippen LogP contribution in [0.2, 0.25) is 0 Å². The van der Waals surface area contributed by atoms with Crippen LogP contribution < -0.4 is 0 Å². The largest absolute Gasteiger partial charge is 0.396 e. The van der Waals surface area contributed by atoms with E-state index in [1.807, 2.05) is 6.92 Å². The summed E-state index contributed by atoms with van der Waals surface area (Å²) in [5.74, 6) is 2.55. The van der Waals surface area contributed by atoms with E-state index in [1.54, 1.807) is 0 Å². The number of aliphatic hydroxyl groups is 2. The molecule has 5 atom stereocenters. The van der Waals surface area contributed by atoms with E-state index in [2.05, 4.69) is 0 Å². The van der Waals surface area contributed by atoms with Crippen LogP contribution in [0.1, 0.15) is 58.3 Å². The Hall–Kier alpha value is -0.0800. The van der Waals surface area contributed by atoms with Gasteiger partial charge in [-0.05, 0) is 56.3 Å². The van der Waals surface area contributed by atoms with Gasteiger partial charge in [0.05, 0.1) is 6.10 Å². The van der Waals surface area contributed by atoms with Gasteiger partial charge in [0.2, 0.25) is 0 Å². The van der Waals surface area contributed by atoms with Gasteiger partial charge in [-0.3, -0.25) is 0 Å². The molecule has 0 amide bonds. The van der Waals surface area contributed by atoms with Crippen molar-refractivity contribution < 1.29 is 10.2 Å². The quantitative estimate of drug-likeness (QED) is 0.796. The summed E-state index contributed by atoms with van der Waals surface area (Å²) < 4.78 is 0. The molecule has 0 aliphatic heterocycles. The monoisotopic (exact) mass is 240 g/mol. The molecule has 5 unspecified atom stereocenters. The van der Waals surface area contributed by atoms with E-state index in [1.165, 1.54) is 51.4 Å². The van der Waals surface area contributed by atoms with Gasteiger partial charge in [-0.2, -0.15) is 0 Å². The van der Waals surface area contributed by atoms with E-state index in [-0.39, 0.29) is 6.10 Å². The Labute approximate surface area is 105 Å². The molecule has 2 fully saturated rings. The number of hydrogen-bond donors (Lipinski definition) is 2. The molecule has 100 valence electrons. The fraction of sp³-hybridized carbons (Fsp3) is 1.00. The topological polar surface area (TPSA) is 40.5 Å². The second-order valence-corrected chi connectivity index (χ2v) is 6.32. The highest BCUT2D eigenvalue weighted by atomic mass is 16.3. The van der Waals surface area contributed by atoms with E-state index in [4.69, 9.17) is 0 Å². The molecule has 0 aromatic rings. The summed E-state index contributed by atoms with van der Waals surface area (Å²) in [6.45, 7) is 2.32. The minimum atomic E-state index is -0.144. The highest BCUT2D eigenvalue weighted by molar-refractivity contribution is 4.85. The van der Waals surface area contributed by atoms with E-state index in [0.29, 0.717) is 18.4 Å². The van der Waals surface area contributed by atoms with Crippen molar-refractivity contribution >= 4 is 0 Å². The maximum Gasteiger partial charge on any atom is 0.0540 e. The third-order valence-electron chi connectivity index (χ3n) is 5.25. The molecule has 2 N–H and O–H groups in total. The Kier molecular flexibility index (Phi) is 4.87. The van der Waals surface area contributed by atoms with E-state index < -0.39 is 0 Å². The van der Waals surface area contributed by atoms with Crippen LogP contribution >= 0.6 is 0 Å². The molecular weight excluding hydrogens is 212 g/mol. The lowest BCUT2D eigenvalue weighted by atomic mass is 9.65. The van der Waals surface area contributed by atoms with Gasteiger partial charge in [-0.15, -0.1) is 0 Å². The summed E-state index contributed by atoms with van der Waals surface area (Å²) in [5.41, 5.74) is 0. The number of hydrogen-bond acceptors (Lipinski definition) is 2. The van der Waals surface area contributed by atoms with Gasteiger partial charge in [0, 0.05) is 6.61 Å². The van der Waals surface area contributed by atoms with Gasteiger partial charge in [0.1, 0.15) is 0 Å². The first-order valence-corrected chi connectivity index (χ1v) is 7.51. The highest BCUT2D eigenvalue weighted by Gasteiger charge is 2.35. The predicted molar refractivity (Wildman–Crippen MR) is 69.7 cm³/mol. The van der Waals surface area contributed by atoms with Gasteiger partial charge in [-0.25, -0.2) is 0 Å². The minimum Gasteiger partial charge on any atom is -0.396 e. The Bertz CT molecular complexity index is 227. The first kappa shape index (κ1) is 13.4. The van der Waals surface area contributed by atoms with Crippen LogP contribution in [-0.2, 0) is 0 Å². The standard InChI is InChI=1S/C15H28O2/c1-11(17)12-6-4-7-13(9-12)15-8-3-2-5-14(15)10-16/h11-17H,2-10H2,1H3. The number of aliphatic hydroxyl groups excluding tert-OH is 2. The Balaban J connectivity index is 1.95. The molecular formula is C15H28O2. The van der Waals surface area contributed by atoms with Crippen molar-refractivity contribution in [2.24, 2.45) is 23.7 Å². The molecule has 0 aromatic heterocycles. The predicted octanol–water partition coefficient (Wildman–Crippen LogP) is 2.97.